The van der Waals surface area contributed by atoms with Crippen molar-refractivity contribution in [3.63, 3.8) is 0 Å². The van der Waals surface area contributed by atoms with Crippen LogP contribution in [0.5, 0.6) is 5.75 Å². The monoisotopic (exact) mass is 361 g/mol. The molecular formula is C22H35NO3. The van der Waals surface area contributed by atoms with Gasteiger partial charge in [-0.3, -0.25) is 4.79 Å². The smallest absolute Gasteiger partial charge is 0.256 e. The highest BCUT2D eigenvalue weighted by Gasteiger charge is 2.42. The molecular weight excluding hydrogens is 326 g/mol. The molecule has 0 heterocycles. The highest BCUT2D eigenvalue weighted by atomic mass is 16.5. The molecule has 0 saturated heterocycles. The van der Waals surface area contributed by atoms with Gasteiger partial charge in [0.2, 0.25) is 0 Å². The lowest BCUT2D eigenvalue weighted by molar-refractivity contribution is -0.148. The van der Waals surface area contributed by atoms with Gasteiger partial charge in [-0.2, -0.15) is 0 Å². The summed E-state index contributed by atoms with van der Waals surface area (Å²) in [5.41, 5.74) is 1.15. The van der Waals surface area contributed by atoms with Gasteiger partial charge in [0.15, 0.2) is 0 Å². The molecule has 1 fully saturated rings. The van der Waals surface area contributed by atoms with Crippen molar-refractivity contribution in [2.45, 2.75) is 84.8 Å². The Morgan fingerprint density at radius 3 is 2.77 bits per heavy atom. The Balaban J connectivity index is 2.12. The Kier molecular flexibility index (Phi) is 7.51. The minimum atomic E-state index is -0.687. The van der Waals surface area contributed by atoms with E-state index in [9.17, 15) is 4.79 Å². The number of aryl methyl sites for hydroxylation is 1. The van der Waals surface area contributed by atoms with Crippen molar-refractivity contribution < 1.29 is 14.3 Å². The van der Waals surface area contributed by atoms with Crippen LogP contribution in [0.1, 0.15) is 71.8 Å². The number of carbonyl (C=O) groups excluding carboxylic acids is 1. The number of amides is 1. The number of nitrogens with one attached hydrogen (secondary N) is 1. The number of hydrogen-bond acceptors (Lipinski definition) is 3. The molecule has 0 aliphatic heterocycles. The van der Waals surface area contributed by atoms with Crippen LogP contribution in [0.3, 0.4) is 0 Å². The zero-order valence-electron chi connectivity index (χ0n) is 17.1. The quantitative estimate of drug-likeness (QED) is 0.666. The minimum absolute atomic E-state index is 0.00695. The minimum Gasteiger partial charge on any atom is -0.490 e. The fourth-order valence-corrected chi connectivity index (χ4v) is 3.61. The summed E-state index contributed by atoms with van der Waals surface area (Å²) in [6, 6.07) is 5.85. The summed E-state index contributed by atoms with van der Waals surface area (Å²) >= 11 is 0. The maximum Gasteiger partial charge on any atom is 0.256 e. The molecule has 4 heteroatoms. The van der Waals surface area contributed by atoms with Gasteiger partial charge in [-0.1, -0.05) is 27.2 Å². The summed E-state index contributed by atoms with van der Waals surface area (Å²) < 4.78 is 12.0. The van der Waals surface area contributed by atoms with Gasteiger partial charge in [-0.05, 0) is 75.6 Å². The summed E-state index contributed by atoms with van der Waals surface area (Å²) in [5.74, 6) is 1.38. The molecule has 1 amide bonds. The van der Waals surface area contributed by atoms with E-state index in [1.165, 1.54) is 6.42 Å². The van der Waals surface area contributed by atoms with Gasteiger partial charge < -0.3 is 14.8 Å². The van der Waals surface area contributed by atoms with Gasteiger partial charge in [0.1, 0.15) is 11.4 Å². The van der Waals surface area contributed by atoms with Gasteiger partial charge in [-0.15, -0.1) is 0 Å². The molecule has 1 saturated carbocycles. The Bertz CT molecular complexity index is 601. The lowest BCUT2D eigenvalue weighted by Crippen LogP contribution is -2.48. The van der Waals surface area contributed by atoms with E-state index >= 15 is 0 Å². The summed E-state index contributed by atoms with van der Waals surface area (Å²) in [6.45, 7) is 11.1. The average molecular weight is 362 g/mol. The van der Waals surface area contributed by atoms with Gasteiger partial charge in [-0.25, -0.2) is 0 Å². The standard InChI is InChI=1S/C22H35NO3/c1-6-13-25-22(12-8-9-16(3)15-22)21(24)23-19-10-11-20(17(4)14-19)26-18(5)7-2/h10-11,14,16,18H,6-9,12-13,15H2,1-5H3,(H,23,24)/t16-,18-,22-/m1/s1. The van der Waals surface area contributed by atoms with E-state index in [1.807, 2.05) is 25.1 Å². The van der Waals surface area contributed by atoms with E-state index in [-0.39, 0.29) is 12.0 Å². The molecule has 1 aromatic rings. The first-order valence-electron chi connectivity index (χ1n) is 10.1. The lowest BCUT2D eigenvalue weighted by atomic mass is 9.78. The maximum atomic E-state index is 13.1. The second-order valence-corrected chi connectivity index (χ2v) is 7.82. The molecule has 2 rings (SSSR count). The number of ether oxygens (including phenoxy) is 2. The fraction of sp³-hybridized carbons (Fsp3) is 0.682. The molecule has 4 nitrogen and oxygen atoms in total. The number of hydrogen-bond donors (Lipinski definition) is 1. The normalized spacial score (nSPS) is 24.1. The van der Waals surface area contributed by atoms with Crippen LogP contribution in [-0.2, 0) is 9.53 Å². The number of carbonyl (C=O) groups is 1. The van der Waals surface area contributed by atoms with Crippen molar-refractivity contribution in [2.24, 2.45) is 5.92 Å². The van der Waals surface area contributed by atoms with Crippen LogP contribution in [-0.4, -0.2) is 24.2 Å². The second-order valence-electron chi connectivity index (χ2n) is 7.82. The van der Waals surface area contributed by atoms with Gasteiger partial charge in [0.05, 0.1) is 6.10 Å². The zero-order chi connectivity index (χ0) is 19.2. The fourth-order valence-electron chi connectivity index (χ4n) is 3.61. The summed E-state index contributed by atoms with van der Waals surface area (Å²) in [5, 5.41) is 3.10. The number of rotatable bonds is 8. The van der Waals surface area contributed by atoms with E-state index in [2.05, 4.69) is 33.0 Å². The van der Waals surface area contributed by atoms with E-state index in [0.29, 0.717) is 12.5 Å². The molecule has 26 heavy (non-hydrogen) atoms. The van der Waals surface area contributed by atoms with Crippen molar-refractivity contribution in [1.29, 1.82) is 0 Å². The zero-order valence-corrected chi connectivity index (χ0v) is 17.1. The largest absolute Gasteiger partial charge is 0.490 e. The first-order valence-corrected chi connectivity index (χ1v) is 10.1. The molecule has 1 aliphatic carbocycles. The molecule has 0 spiro atoms. The third-order valence-electron chi connectivity index (χ3n) is 5.29. The summed E-state index contributed by atoms with van der Waals surface area (Å²) in [4.78, 5) is 13.1. The van der Waals surface area contributed by atoms with Crippen molar-refractivity contribution in [1.82, 2.24) is 0 Å². The Hall–Kier alpha value is -1.55. The topological polar surface area (TPSA) is 47.6 Å². The maximum absolute atomic E-state index is 13.1. The van der Waals surface area contributed by atoms with Crippen LogP contribution in [0.25, 0.3) is 0 Å². The molecule has 1 N–H and O–H groups in total. The molecule has 146 valence electrons. The SMILES string of the molecule is CCCO[C@]1(C(=O)Nc2ccc(O[C@H](C)CC)c(C)c2)CCC[C@@H](C)C1. The van der Waals surface area contributed by atoms with Crippen LogP contribution in [0.4, 0.5) is 5.69 Å². The molecule has 3 atom stereocenters. The average Bonchev–Trinajstić information content (AvgIpc) is 2.62. The van der Waals surface area contributed by atoms with Crippen molar-refractivity contribution in [3.8, 4) is 5.75 Å². The first kappa shape index (κ1) is 20.8. The van der Waals surface area contributed by atoms with Gasteiger partial charge in [0.25, 0.3) is 5.91 Å². The molecule has 0 radical (unpaired) electrons. The van der Waals surface area contributed by atoms with Crippen LogP contribution >= 0.6 is 0 Å². The Morgan fingerprint density at radius 1 is 1.38 bits per heavy atom. The molecule has 0 aromatic heterocycles. The highest BCUT2D eigenvalue weighted by Crippen LogP contribution is 2.36. The van der Waals surface area contributed by atoms with Crippen molar-refractivity contribution in [2.75, 3.05) is 11.9 Å². The third-order valence-corrected chi connectivity index (χ3v) is 5.29. The third kappa shape index (κ3) is 5.23. The predicted molar refractivity (Wildman–Crippen MR) is 107 cm³/mol. The lowest BCUT2D eigenvalue weighted by Gasteiger charge is -2.38. The van der Waals surface area contributed by atoms with Crippen LogP contribution in [0, 0.1) is 12.8 Å². The van der Waals surface area contributed by atoms with Crippen LogP contribution in [0.2, 0.25) is 0 Å². The Morgan fingerprint density at radius 2 is 2.15 bits per heavy atom. The van der Waals surface area contributed by atoms with Crippen LogP contribution in [0.15, 0.2) is 18.2 Å². The van der Waals surface area contributed by atoms with E-state index in [4.69, 9.17) is 9.47 Å². The molecule has 1 aliphatic rings. The van der Waals surface area contributed by atoms with E-state index in [0.717, 1.165) is 49.1 Å². The highest BCUT2D eigenvalue weighted by molar-refractivity contribution is 5.97. The van der Waals surface area contributed by atoms with Crippen molar-refractivity contribution in [3.05, 3.63) is 23.8 Å². The van der Waals surface area contributed by atoms with Crippen LogP contribution < -0.4 is 10.1 Å². The Labute approximate surface area is 158 Å². The molecule has 0 unspecified atom stereocenters. The summed E-state index contributed by atoms with van der Waals surface area (Å²) in [7, 11) is 0. The second kappa shape index (κ2) is 9.40. The molecule has 1 aromatic carbocycles. The van der Waals surface area contributed by atoms with Gasteiger partial charge in [0, 0.05) is 12.3 Å². The molecule has 0 bridgehead atoms. The van der Waals surface area contributed by atoms with E-state index < -0.39 is 5.60 Å². The number of anilines is 1. The predicted octanol–water partition coefficient (Wildman–Crippen LogP) is 5.49. The first-order chi connectivity index (χ1) is 12.4. The number of benzene rings is 1. The van der Waals surface area contributed by atoms with E-state index in [1.54, 1.807) is 0 Å². The summed E-state index contributed by atoms with van der Waals surface area (Å²) in [6.07, 6.45) is 5.88. The van der Waals surface area contributed by atoms with Gasteiger partial charge >= 0.3 is 0 Å². The van der Waals surface area contributed by atoms with Crippen molar-refractivity contribution >= 4 is 11.6 Å².